The average molecular weight is 600 g/mol. The fourth-order valence-corrected chi connectivity index (χ4v) is 6.45. The second-order valence-corrected chi connectivity index (χ2v) is 12.4. The van der Waals surface area contributed by atoms with E-state index in [2.05, 4.69) is 26.2 Å². The van der Waals surface area contributed by atoms with Crippen molar-refractivity contribution in [3.8, 4) is 0 Å². The Kier molecular flexibility index (Phi) is 7.23. The number of rotatable bonds is 7. The number of sulfonamides is 2. The number of hydrogen-bond acceptors (Lipinski definition) is 7. The number of aromatic amines is 1. The minimum absolute atomic E-state index is 0.0278. The van der Waals surface area contributed by atoms with Gasteiger partial charge in [0.15, 0.2) is 0 Å². The van der Waals surface area contributed by atoms with Gasteiger partial charge in [0.2, 0.25) is 20.0 Å². The number of primary amides is 1. The standard InChI is InChI=1S/C21H22BrN5O7S2/c22-13-3-6-16-15(9-13)19(18(26-16)20(23)28)36(32,33)27-7-8-34-17(11-27)21(29)25-10-12-1-4-14(5-2-12)35(24,30)31/h1-6,9,17,26H,7-8,10-11H2,(H2,23,28)(H,25,29)(H2,24,30,31). The van der Waals surface area contributed by atoms with E-state index in [0.29, 0.717) is 15.6 Å². The maximum Gasteiger partial charge on any atom is 0.266 e. The number of aromatic nitrogens is 1. The quantitative estimate of drug-likeness (QED) is 0.301. The van der Waals surface area contributed by atoms with E-state index in [1.165, 1.54) is 24.3 Å². The van der Waals surface area contributed by atoms with E-state index >= 15 is 0 Å². The number of carbonyl (C=O) groups is 2. The number of primary sulfonamides is 1. The number of nitrogens with two attached hydrogens (primary N) is 2. The molecule has 12 nitrogen and oxygen atoms in total. The molecule has 1 saturated heterocycles. The second-order valence-electron chi connectivity index (χ2n) is 8.01. The molecule has 0 spiro atoms. The van der Waals surface area contributed by atoms with Crippen LogP contribution in [0.5, 0.6) is 0 Å². The summed E-state index contributed by atoms with van der Waals surface area (Å²) in [7, 11) is -8.07. The van der Waals surface area contributed by atoms with Crippen LogP contribution in [0.2, 0.25) is 0 Å². The lowest BCUT2D eigenvalue weighted by Gasteiger charge is -2.31. The Hall–Kier alpha value is -2.82. The zero-order valence-corrected chi connectivity index (χ0v) is 21.8. The van der Waals surface area contributed by atoms with E-state index < -0.39 is 38.0 Å². The topological polar surface area (TPSA) is 195 Å². The summed E-state index contributed by atoms with van der Waals surface area (Å²) in [5, 5.41) is 8.01. The highest BCUT2D eigenvalue weighted by atomic mass is 79.9. The molecule has 1 fully saturated rings. The molecular formula is C21H22BrN5O7S2. The molecule has 0 radical (unpaired) electrons. The molecule has 36 heavy (non-hydrogen) atoms. The summed E-state index contributed by atoms with van der Waals surface area (Å²) < 4.78 is 57.1. The number of amides is 2. The van der Waals surface area contributed by atoms with Crippen LogP contribution in [0.25, 0.3) is 10.9 Å². The molecule has 0 saturated carbocycles. The van der Waals surface area contributed by atoms with Crippen molar-refractivity contribution in [3.63, 3.8) is 0 Å². The molecule has 6 N–H and O–H groups in total. The first kappa shape index (κ1) is 26.2. The molecular weight excluding hydrogens is 578 g/mol. The van der Waals surface area contributed by atoms with Gasteiger partial charge in [0.25, 0.3) is 11.8 Å². The monoisotopic (exact) mass is 599 g/mol. The molecule has 2 aromatic carbocycles. The first-order valence-electron chi connectivity index (χ1n) is 10.5. The highest BCUT2D eigenvalue weighted by Crippen LogP contribution is 2.32. The first-order valence-corrected chi connectivity index (χ1v) is 14.3. The zero-order chi connectivity index (χ0) is 26.3. The van der Waals surface area contributed by atoms with Gasteiger partial charge in [-0.1, -0.05) is 28.1 Å². The Morgan fingerprint density at radius 2 is 1.83 bits per heavy atom. The molecule has 15 heteroatoms. The smallest absolute Gasteiger partial charge is 0.266 e. The summed E-state index contributed by atoms with van der Waals surface area (Å²) >= 11 is 3.31. The maximum absolute atomic E-state index is 13.6. The molecule has 4 rings (SSSR count). The van der Waals surface area contributed by atoms with Crippen molar-refractivity contribution < 1.29 is 31.2 Å². The number of halogens is 1. The third-order valence-electron chi connectivity index (χ3n) is 5.60. The summed E-state index contributed by atoms with van der Waals surface area (Å²) in [6.07, 6.45) is -1.11. The van der Waals surface area contributed by atoms with E-state index in [4.69, 9.17) is 15.6 Å². The molecule has 3 aromatic rings. The number of carbonyl (C=O) groups excluding carboxylic acids is 2. The predicted octanol–water partition coefficient (Wildman–Crippen LogP) is 0.383. The van der Waals surface area contributed by atoms with Gasteiger partial charge in [0.1, 0.15) is 16.7 Å². The largest absolute Gasteiger partial charge is 0.366 e. The van der Waals surface area contributed by atoms with Crippen molar-refractivity contribution in [2.45, 2.75) is 22.4 Å². The van der Waals surface area contributed by atoms with Crippen LogP contribution in [0, 0.1) is 0 Å². The predicted molar refractivity (Wildman–Crippen MR) is 133 cm³/mol. The first-order chi connectivity index (χ1) is 16.9. The summed E-state index contributed by atoms with van der Waals surface area (Å²) in [6, 6.07) is 10.5. The average Bonchev–Trinajstić information content (AvgIpc) is 3.22. The van der Waals surface area contributed by atoms with Gasteiger partial charge in [-0.3, -0.25) is 9.59 Å². The molecule has 1 aliphatic heterocycles. The normalized spacial score (nSPS) is 17.2. The summed E-state index contributed by atoms with van der Waals surface area (Å²) in [6.45, 7) is -0.297. The summed E-state index contributed by atoms with van der Waals surface area (Å²) in [4.78, 5) is 27.2. The third kappa shape index (κ3) is 5.30. The molecule has 0 bridgehead atoms. The van der Waals surface area contributed by atoms with Gasteiger partial charge in [-0.25, -0.2) is 22.0 Å². The van der Waals surface area contributed by atoms with Gasteiger partial charge in [-0.05, 0) is 35.9 Å². The van der Waals surface area contributed by atoms with Gasteiger partial charge in [0.05, 0.1) is 11.5 Å². The van der Waals surface area contributed by atoms with Gasteiger partial charge < -0.3 is 20.8 Å². The minimum Gasteiger partial charge on any atom is -0.366 e. The second kappa shape index (κ2) is 9.91. The van der Waals surface area contributed by atoms with Crippen molar-refractivity contribution >= 4 is 58.7 Å². The van der Waals surface area contributed by atoms with Crippen molar-refractivity contribution in [1.82, 2.24) is 14.6 Å². The highest BCUT2D eigenvalue weighted by Gasteiger charge is 2.37. The fourth-order valence-electron chi connectivity index (χ4n) is 3.81. The lowest BCUT2D eigenvalue weighted by atomic mass is 10.2. The van der Waals surface area contributed by atoms with Gasteiger partial charge >= 0.3 is 0 Å². The number of benzene rings is 2. The van der Waals surface area contributed by atoms with Gasteiger partial charge in [-0.2, -0.15) is 4.31 Å². The Morgan fingerprint density at radius 1 is 1.14 bits per heavy atom. The fraction of sp³-hybridized carbons (Fsp3) is 0.238. The van der Waals surface area contributed by atoms with Gasteiger partial charge in [-0.15, -0.1) is 0 Å². The lowest BCUT2D eigenvalue weighted by Crippen LogP contribution is -2.51. The zero-order valence-electron chi connectivity index (χ0n) is 18.6. The Bertz CT molecular complexity index is 1550. The van der Waals surface area contributed by atoms with Crippen LogP contribution in [-0.2, 0) is 36.1 Å². The highest BCUT2D eigenvalue weighted by molar-refractivity contribution is 9.10. The lowest BCUT2D eigenvalue weighted by molar-refractivity contribution is -0.136. The van der Waals surface area contributed by atoms with Crippen molar-refractivity contribution in [2.75, 3.05) is 19.7 Å². The molecule has 2 amide bonds. The molecule has 1 aromatic heterocycles. The van der Waals surface area contributed by atoms with Gasteiger partial charge in [0, 0.05) is 35.0 Å². The summed E-state index contributed by atoms with van der Waals surface area (Å²) in [5.74, 6) is -1.49. The Labute approximate surface area is 215 Å². The molecule has 2 heterocycles. The summed E-state index contributed by atoms with van der Waals surface area (Å²) in [5.41, 5.74) is 6.22. The third-order valence-corrected chi connectivity index (χ3v) is 8.97. The number of nitrogens with zero attached hydrogens (tertiary/aromatic N) is 1. The molecule has 1 atom stereocenters. The SMILES string of the molecule is NC(=O)c1[nH]c2ccc(Br)cc2c1S(=O)(=O)N1CCOC(C(=O)NCc2ccc(S(N)(=O)=O)cc2)C1. The van der Waals surface area contributed by atoms with Crippen molar-refractivity contribution in [1.29, 1.82) is 0 Å². The van der Waals surface area contributed by atoms with Crippen LogP contribution in [-0.4, -0.2) is 63.7 Å². The van der Waals surface area contributed by atoms with E-state index in [0.717, 1.165) is 4.31 Å². The number of H-pyrrole nitrogens is 1. The van der Waals surface area contributed by atoms with Crippen LogP contribution in [0.4, 0.5) is 0 Å². The van der Waals surface area contributed by atoms with Crippen LogP contribution in [0.15, 0.2) is 56.7 Å². The minimum atomic E-state index is -4.24. The van der Waals surface area contributed by atoms with Crippen LogP contribution >= 0.6 is 15.9 Å². The number of ether oxygens (including phenoxy) is 1. The van der Waals surface area contributed by atoms with E-state index in [9.17, 15) is 26.4 Å². The number of nitrogens with one attached hydrogen (secondary N) is 2. The maximum atomic E-state index is 13.6. The van der Waals surface area contributed by atoms with Crippen LogP contribution < -0.4 is 16.2 Å². The van der Waals surface area contributed by atoms with Crippen molar-refractivity contribution in [2.24, 2.45) is 10.9 Å². The number of morpholine rings is 1. The molecule has 0 aliphatic carbocycles. The number of fused-ring (bicyclic) bond motifs is 1. The van der Waals surface area contributed by atoms with E-state index in [1.54, 1.807) is 18.2 Å². The van der Waals surface area contributed by atoms with E-state index in [1.807, 2.05) is 0 Å². The number of hydrogen-bond donors (Lipinski definition) is 4. The van der Waals surface area contributed by atoms with E-state index in [-0.39, 0.29) is 47.1 Å². The van der Waals surface area contributed by atoms with Crippen LogP contribution in [0.3, 0.4) is 0 Å². The molecule has 1 aliphatic rings. The molecule has 192 valence electrons. The molecule has 1 unspecified atom stereocenters. The Balaban J connectivity index is 1.52. The van der Waals surface area contributed by atoms with Crippen LogP contribution in [0.1, 0.15) is 16.1 Å². The van der Waals surface area contributed by atoms with Crippen molar-refractivity contribution in [3.05, 3.63) is 58.2 Å². The Morgan fingerprint density at radius 3 is 2.47 bits per heavy atom.